The second kappa shape index (κ2) is 4.49. The summed E-state index contributed by atoms with van der Waals surface area (Å²) in [4.78, 5) is 0. The van der Waals surface area contributed by atoms with Gasteiger partial charge in [-0.05, 0) is 30.3 Å². The van der Waals surface area contributed by atoms with Crippen molar-refractivity contribution in [3.8, 4) is 17.0 Å². The maximum atomic E-state index is 5.28. The molecule has 2 aromatic heterocycles. The van der Waals surface area contributed by atoms with Gasteiger partial charge < -0.3 is 4.74 Å². The highest BCUT2D eigenvalue weighted by Gasteiger charge is 2.11. The van der Waals surface area contributed by atoms with Crippen LogP contribution in [0.3, 0.4) is 0 Å². The molecule has 0 bridgehead atoms. The largest absolute Gasteiger partial charge is 0.497 e. The van der Waals surface area contributed by atoms with Crippen LogP contribution in [0.4, 0.5) is 0 Å². The molecule has 0 radical (unpaired) electrons. The highest BCUT2D eigenvalue weighted by atomic mass is 16.5. The summed E-state index contributed by atoms with van der Waals surface area (Å²) >= 11 is 0. The van der Waals surface area contributed by atoms with Crippen molar-refractivity contribution in [2.75, 3.05) is 7.11 Å². The summed E-state index contributed by atoms with van der Waals surface area (Å²) in [5.41, 5.74) is 3.49. The van der Waals surface area contributed by atoms with Gasteiger partial charge in [-0.25, -0.2) is 0 Å². The molecule has 0 saturated heterocycles. The fraction of sp³-hybridized carbons (Fsp3) is 0.0625. The number of aromatic nitrogens is 1. The third-order valence-electron chi connectivity index (χ3n) is 3.04. The van der Waals surface area contributed by atoms with Gasteiger partial charge in [-0.2, -0.15) is 4.40 Å². The summed E-state index contributed by atoms with van der Waals surface area (Å²) in [5.74, 6) is 0.876. The van der Waals surface area contributed by atoms with Crippen molar-refractivity contribution in [3.63, 3.8) is 0 Å². The molecule has 0 saturated carbocycles. The van der Waals surface area contributed by atoms with Crippen molar-refractivity contribution in [2.45, 2.75) is 0 Å². The molecule has 2 heterocycles. The molecule has 0 amide bonds. The molecule has 0 unspecified atom stereocenters. The first-order valence-corrected chi connectivity index (χ1v) is 5.92. The summed E-state index contributed by atoms with van der Waals surface area (Å²) in [6.45, 7) is 0. The van der Waals surface area contributed by atoms with E-state index in [1.807, 2.05) is 24.3 Å². The van der Waals surface area contributed by atoms with Gasteiger partial charge in [-0.1, -0.05) is 6.07 Å². The molecular weight excluding hydrogens is 222 g/mol. The van der Waals surface area contributed by atoms with Gasteiger partial charge in [0.1, 0.15) is 5.75 Å². The minimum Gasteiger partial charge on any atom is -0.497 e. The van der Waals surface area contributed by atoms with E-state index in [0.717, 1.165) is 17.0 Å². The lowest BCUT2D eigenvalue weighted by atomic mass is 10.1. The summed E-state index contributed by atoms with van der Waals surface area (Å²) in [6, 6.07) is 20.6. The maximum absolute atomic E-state index is 5.28. The summed E-state index contributed by atoms with van der Waals surface area (Å²) in [5, 5.41) is 0. The first-order chi connectivity index (χ1) is 8.88. The second-order valence-electron chi connectivity index (χ2n) is 4.14. The van der Waals surface area contributed by atoms with Gasteiger partial charge >= 0.3 is 0 Å². The van der Waals surface area contributed by atoms with Crippen molar-refractivity contribution in [3.05, 3.63) is 66.9 Å². The number of hydrogen-bond acceptors (Lipinski definition) is 1. The van der Waals surface area contributed by atoms with Gasteiger partial charge in [0.05, 0.1) is 12.7 Å². The molecule has 0 fully saturated rings. The lowest BCUT2D eigenvalue weighted by Gasteiger charge is -2.02. The first-order valence-electron chi connectivity index (χ1n) is 5.92. The third kappa shape index (κ3) is 1.82. The Kier molecular flexibility index (Phi) is 2.69. The summed E-state index contributed by atoms with van der Waals surface area (Å²) in [7, 11) is 1.69. The van der Waals surface area contributed by atoms with Crippen LogP contribution in [0.25, 0.3) is 16.8 Å². The number of rotatable bonds is 2. The van der Waals surface area contributed by atoms with Gasteiger partial charge in [-0.15, -0.1) is 0 Å². The summed E-state index contributed by atoms with van der Waals surface area (Å²) in [6.07, 6.45) is 2.07. The van der Waals surface area contributed by atoms with E-state index in [9.17, 15) is 0 Å². The Morgan fingerprint density at radius 2 is 1.72 bits per heavy atom. The number of fused-ring (bicyclic) bond motifs is 1. The molecule has 18 heavy (non-hydrogen) atoms. The smallest absolute Gasteiger partial charge is 0.218 e. The Morgan fingerprint density at radius 1 is 0.889 bits per heavy atom. The van der Waals surface area contributed by atoms with Crippen LogP contribution < -0.4 is 9.14 Å². The molecule has 0 aliphatic carbocycles. The van der Waals surface area contributed by atoms with Crippen LogP contribution >= 0.6 is 0 Å². The van der Waals surface area contributed by atoms with Crippen LogP contribution in [0.15, 0.2) is 66.9 Å². The van der Waals surface area contributed by atoms with E-state index in [-0.39, 0.29) is 0 Å². The van der Waals surface area contributed by atoms with E-state index in [2.05, 4.69) is 47.0 Å². The molecule has 3 aromatic rings. The van der Waals surface area contributed by atoms with Crippen LogP contribution in [-0.2, 0) is 0 Å². The zero-order valence-corrected chi connectivity index (χ0v) is 10.2. The molecule has 1 aromatic carbocycles. The number of ether oxygens (including phenoxy) is 1. The Labute approximate surface area is 106 Å². The molecular formula is C16H14NO+. The molecule has 2 nitrogen and oxygen atoms in total. The molecule has 0 N–H and O–H groups in total. The van der Waals surface area contributed by atoms with Crippen LogP contribution in [0.5, 0.6) is 5.75 Å². The molecule has 0 spiro atoms. The SMILES string of the molecule is COc1cccc(-c2cccc3cccc[n+]23)c1. The maximum Gasteiger partial charge on any atom is 0.218 e. The second-order valence-corrected chi connectivity index (χ2v) is 4.14. The van der Waals surface area contributed by atoms with E-state index in [4.69, 9.17) is 4.74 Å². The van der Waals surface area contributed by atoms with Crippen LogP contribution in [-0.4, -0.2) is 7.11 Å². The normalized spacial score (nSPS) is 10.5. The minimum absolute atomic E-state index is 0.876. The fourth-order valence-corrected chi connectivity index (χ4v) is 2.15. The number of benzene rings is 1. The van der Waals surface area contributed by atoms with E-state index in [1.54, 1.807) is 7.11 Å². The standard InChI is InChI=1S/C16H14NO/c1-18-15-9-4-6-13(12-15)16-10-5-8-14-7-2-3-11-17(14)16/h2-12H,1H3/q+1. The highest BCUT2D eigenvalue weighted by Crippen LogP contribution is 2.21. The predicted molar refractivity (Wildman–Crippen MR) is 71.6 cm³/mol. The molecule has 0 aliphatic rings. The predicted octanol–water partition coefficient (Wildman–Crippen LogP) is 3.10. The van der Waals surface area contributed by atoms with E-state index < -0.39 is 0 Å². The number of methoxy groups -OCH3 is 1. The molecule has 88 valence electrons. The average Bonchev–Trinajstić information content (AvgIpc) is 2.47. The lowest BCUT2D eigenvalue weighted by molar-refractivity contribution is -0.499. The van der Waals surface area contributed by atoms with Crippen molar-refractivity contribution < 1.29 is 9.14 Å². The Hall–Kier alpha value is -2.35. The number of pyridine rings is 2. The first kappa shape index (κ1) is 10.8. The van der Waals surface area contributed by atoms with Crippen molar-refractivity contribution >= 4 is 5.52 Å². The van der Waals surface area contributed by atoms with Crippen molar-refractivity contribution in [1.82, 2.24) is 0 Å². The topological polar surface area (TPSA) is 13.3 Å². The molecule has 3 rings (SSSR count). The zero-order valence-electron chi connectivity index (χ0n) is 10.2. The third-order valence-corrected chi connectivity index (χ3v) is 3.04. The van der Waals surface area contributed by atoms with Gasteiger partial charge in [0.2, 0.25) is 11.2 Å². The van der Waals surface area contributed by atoms with Crippen molar-refractivity contribution in [2.24, 2.45) is 0 Å². The van der Waals surface area contributed by atoms with Gasteiger partial charge in [0, 0.05) is 24.3 Å². The number of nitrogens with zero attached hydrogens (tertiary/aromatic N) is 1. The Balaban J connectivity index is 2.24. The Bertz CT molecular complexity index is 686. The summed E-state index contributed by atoms with van der Waals surface area (Å²) < 4.78 is 7.45. The molecule has 0 aliphatic heterocycles. The monoisotopic (exact) mass is 236 g/mol. The van der Waals surface area contributed by atoms with Crippen LogP contribution in [0, 0.1) is 0 Å². The van der Waals surface area contributed by atoms with Gasteiger partial charge in [0.25, 0.3) is 0 Å². The van der Waals surface area contributed by atoms with Crippen molar-refractivity contribution in [1.29, 1.82) is 0 Å². The minimum atomic E-state index is 0.876. The van der Waals surface area contributed by atoms with E-state index in [0.29, 0.717) is 0 Å². The Morgan fingerprint density at radius 3 is 2.61 bits per heavy atom. The molecule has 2 heteroatoms. The van der Waals surface area contributed by atoms with Crippen LogP contribution in [0.1, 0.15) is 0 Å². The molecule has 0 atom stereocenters. The van der Waals surface area contributed by atoms with Crippen LogP contribution in [0.2, 0.25) is 0 Å². The number of hydrogen-bond donors (Lipinski definition) is 0. The van der Waals surface area contributed by atoms with Gasteiger partial charge in [0.15, 0.2) is 6.20 Å². The average molecular weight is 236 g/mol. The van der Waals surface area contributed by atoms with Gasteiger partial charge in [-0.3, -0.25) is 0 Å². The van der Waals surface area contributed by atoms with E-state index >= 15 is 0 Å². The van der Waals surface area contributed by atoms with E-state index in [1.165, 1.54) is 5.52 Å². The fourth-order valence-electron chi connectivity index (χ4n) is 2.15. The lowest BCUT2D eigenvalue weighted by Crippen LogP contribution is -2.23. The zero-order chi connectivity index (χ0) is 12.4. The quantitative estimate of drug-likeness (QED) is 0.623. The highest BCUT2D eigenvalue weighted by molar-refractivity contribution is 5.60.